The largest absolute Gasteiger partial charge is 0.396 e. The predicted octanol–water partition coefficient (Wildman–Crippen LogP) is 0.440. The van der Waals surface area contributed by atoms with Gasteiger partial charge in [-0.25, -0.2) is 0 Å². The van der Waals surface area contributed by atoms with Crippen molar-refractivity contribution in [3.8, 4) is 0 Å². The minimum Gasteiger partial charge on any atom is -0.396 e. The average Bonchev–Trinajstić information content (AvgIpc) is 2.21. The van der Waals surface area contributed by atoms with E-state index in [9.17, 15) is 8.42 Å². The maximum Gasteiger partial charge on any atom is 0.301 e. The molecule has 16 heavy (non-hydrogen) atoms. The van der Waals surface area contributed by atoms with Crippen LogP contribution in [0, 0.1) is 0 Å². The fraction of sp³-hybridized carbons (Fsp3) is 0.400. The molecule has 90 valence electrons. The van der Waals surface area contributed by atoms with Gasteiger partial charge in [-0.15, -0.1) is 0 Å². The fourth-order valence-electron chi connectivity index (χ4n) is 1.11. The first-order valence-corrected chi connectivity index (χ1v) is 6.30. The molecule has 0 aliphatic rings. The zero-order valence-corrected chi connectivity index (χ0v) is 10.2. The summed E-state index contributed by atoms with van der Waals surface area (Å²) in [6.45, 7) is 0.0861. The standard InChI is InChI=1S/C10H16N2O3S/c1-12(2)16(14,15)11-10-5-3-9(4-6-10)7-8-13/h3-6,11,13H,7-8H2,1-2H3. The van der Waals surface area contributed by atoms with Gasteiger partial charge in [-0.3, -0.25) is 4.72 Å². The van der Waals surface area contributed by atoms with Crippen molar-refractivity contribution >= 4 is 15.9 Å². The second-order valence-electron chi connectivity index (χ2n) is 3.56. The van der Waals surface area contributed by atoms with Crippen molar-refractivity contribution in [1.82, 2.24) is 4.31 Å². The van der Waals surface area contributed by atoms with E-state index >= 15 is 0 Å². The molecular weight excluding hydrogens is 228 g/mol. The molecule has 0 aromatic heterocycles. The van der Waals surface area contributed by atoms with E-state index in [1.54, 1.807) is 24.3 Å². The van der Waals surface area contributed by atoms with Crippen LogP contribution in [0.2, 0.25) is 0 Å². The molecule has 2 N–H and O–H groups in total. The quantitative estimate of drug-likeness (QED) is 0.789. The number of rotatable bonds is 5. The van der Waals surface area contributed by atoms with Gasteiger partial charge in [0.05, 0.1) is 0 Å². The smallest absolute Gasteiger partial charge is 0.301 e. The molecule has 0 saturated heterocycles. The molecule has 0 unspecified atom stereocenters. The molecule has 0 heterocycles. The molecule has 0 atom stereocenters. The number of nitrogens with zero attached hydrogens (tertiary/aromatic N) is 1. The van der Waals surface area contributed by atoms with E-state index in [1.807, 2.05) is 0 Å². The van der Waals surface area contributed by atoms with Crippen LogP contribution in [0.4, 0.5) is 5.69 Å². The van der Waals surface area contributed by atoms with Gasteiger partial charge >= 0.3 is 10.2 Å². The van der Waals surface area contributed by atoms with Gasteiger partial charge in [0.15, 0.2) is 0 Å². The second-order valence-corrected chi connectivity index (χ2v) is 5.44. The fourth-order valence-corrected chi connectivity index (χ4v) is 1.73. The van der Waals surface area contributed by atoms with E-state index in [1.165, 1.54) is 14.1 Å². The van der Waals surface area contributed by atoms with Crippen molar-refractivity contribution in [1.29, 1.82) is 0 Å². The van der Waals surface area contributed by atoms with E-state index in [4.69, 9.17) is 5.11 Å². The highest BCUT2D eigenvalue weighted by Gasteiger charge is 2.12. The molecule has 6 heteroatoms. The summed E-state index contributed by atoms with van der Waals surface area (Å²) in [6.07, 6.45) is 0.570. The molecular formula is C10H16N2O3S. The molecule has 0 aliphatic heterocycles. The summed E-state index contributed by atoms with van der Waals surface area (Å²) >= 11 is 0. The molecule has 1 aromatic carbocycles. The zero-order valence-electron chi connectivity index (χ0n) is 9.34. The Morgan fingerprint density at radius 2 is 1.81 bits per heavy atom. The van der Waals surface area contributed by atoms with Gasteiger partial charge in [-0.1, -0.05) is 12.1 Å². The van der Waals surface area contributed by atoms with Crippen LogP contribution in [0.3, 0.4) is 0 Å². The zero-order chi connectivity index (χ0) is 12.2. The first kappa shape index (κ1) is 13.0. The summed E-state index contributed by atoms with van der Waals surface area (Å²) in [6, 6.07) is 6.91. The van der Waals surface area contributed by atoms with Crippen molar-refractivity contribution in [2.24, 2.45) is 0 Å². The Hall–Kier alpha value is -1.11. The number of aliphatic hydroxyl groups is 1. The van der Waals surface area contributed by atoms with E-state index in [0.717, 1.165) is 9.87 Å². The van der Waals surface area contributed by atoms with Crippen molar-refractivity contribution in [2.75, 3.05) is 25.4 Å². The Morgan fingerprint density at radius 1 is 1.25 bits per heavy atom. The summed E-state index contributed by atoms with van der Waals surface area (Å²) < 4.78 is 26.5. The first-order valence-electron chi connectivity index (χ1n) is 4.86. The third-order valence-electron chi connectivity index (χ3n) is 2.08. The minimum atomic E-state index is -3.44. The van der Waals surface area contributed by atoms with E-state index in [0.29, 0.717) is 12.1 Å². The molecule has 1 rings (SSSR count). The van der Waals surface area contributed by atoms with Gasteiger partial charge in [0.1, 0.15) is 0 Å². The van der Waals surface area contributed by atoms with E-state index in [2.05, 4.69) is 4.72 Å². The molecule has 1 aromatic rings. The van der Waals surface area contributed by atoms with Crippen molar-refractivity contribution in [3.05, 3.63) is 29.8 Å². The first-order chi connectivity index (χ1) is 7.45. The highest BCUT2D eigenvalue weighted by molar-refractivity contribution is 7.90. The molecule has 0 saturated carbocycles. The van der Waals surface area contributed by atoms with Crippen LogP contribution < -0.4 is 4.72 Å². The molecule has 0 spiro atoms. The molecule has 0 aliphatic carbocycles. The average molecular weight is 244 g/mol. The Balaban J connectivity index is 2.76. The lowest BCUT2D eigenvalue weighted by Crippen LogP contribution is -2.28. The van der Waals surface area contributed by atoms with Gasteiger partial charge in [-0.05, 0) is 24.1 Å². The van der Waals surface area contributed by atoms with Crippen LogP contribution in [-0.2, 0) is 16.6 Å². The highest BCUT2D eigenvalue weighted by Crippen LogP contribution is 2.12. The number of hydrogen-bond acceptors (Lipinski definition) is 3. The third kappa shape index (κ3) is 3.48. The predicted molar refractivity (Wildman–Crippen MR) is 63.5 cm³/mol. The Labute approximate surface area is 95.9 Å². The summed E-state index contributed by atoms with van der Waals surface area (Å²) in [5.74, 6) is 0. The van der Waals surface area contributed by atoms with Crippen LogP contribution in [0.1, 0.15) is 5.56 Å². The van der Waals surface area contributed by atoms with E-state index < -0.39 is 10.2 Å². The monoisotopic (exact) mass is 244 g/mol. The normalized spacial score (nSPS) is 11.8. The van der Waals surface area contributed by atoms with Gasteiger partial charge < -0.3 is 5.11 Å². The lowest BCUT2D eigenvalue weighted by atomic mass is 10.1. The summed E-state index contributed by atoms with van der Waals surface area (Å²) in [5, 5.41) is 8.73. The Kier molecular flexibility index (Phi) is 4.28. The van der Waals surface area contributed by atoms with E-state index in [-0.39, 0.29) is 6.61 Å². The van der Waals surface area contributed by atoms with Gasteiger partial charge in [-0.2, -0.15) is 12.7 Å². The van der Waals surface area contributed by atoms with Gasteiger partial charge in [0.2, 0.25) is 0 Å². The lowest BCUT2D eigenvalue weighted by molar-refractivity contribution is 0.299. The maximum absolute atomic E-state index is 11.5. The van der Waals surface area contributed by atoms with Crippen LogP contribution in [0.15, 0.2) is 24.3 Å². The van der Waals surface area contributed by atoms with Crippen LogP contribution >= 0.6 is 0 Å². The van der Waals surface area contributed by atoms with Crippen molar-refractivity contribution in [2.45, 2.75) is 6.42 Å². The minimum absolute atomic E-state index is 0.0861. The summed E-state index contributed by atoms with van der Waals surface area (Å²) in [7, 11) is -0.521. The highest BCUT2D eigenvalue weighted by atomic mass is 32.2. The lowest BCUT2D eigenvalue weighted by Gasteiger charge is -2.13. The molecule has 0 radical (unpaired) electrons. The number of aliphatic hydroxyl groups excluding tert-OH is 1. The number of benzene rings is 1. The number of nitrogens with one attached hydrogen (secondary N) is 1. The topological polar surface area (TPSA) is 69.6 Å². The Morgan fingerprint density at radius 3 is 2.25 bits per heavy atom. The van der Waals surface area contributed by atoms with Crippen molar-refractivity contribution in [3.63, 3.8) is 0 Å². The maximum atomic E-state index is 11.5. The second kappa shape index (κ2) is 5.29. The number of anilines is 1. The third-order valence-corrected chi connectivity index (χ3v) is 3.54. The van der Waals surface area contributed by atoms with Crippen LogP contribution in [0.25, 0.3) is 0 Å². The summed E-state index contributed by atoms with van der Waals surface area (Å²) in [5.41, 5.74) is 1.48. The molecule has 0 fully saturated rings. The van der Waals surface area contributed by atoms with Crippen LogP contribution in [0.5, 0.6) is 0 Å². The molecule has 0 bridgehead atoms. The van der Waals surface area contributed by atoms with Gasteiger partial charge in [0, 0.05) is 26.4 Å². The Bertz CT molecular complexity index is 426. The van der Waals surface area contributed by atoms with Crippen molar-refractivity contribution < 1.29 is 13.5 Å². The SMILES string of the molecule is CN(C)S(=O)(=O)Nc1ccc(CCO)cc1. The summed E-state index contributed by atoms with van der Waals surface area (Å²) in [4.78, 5) is 0. The van der Waals surface area contributed by atoms with Gasteiger partial charge in [0.25, 0.3) is 0 Å². The molecule has 0 amide bonds. The molecule has 5 nitrogen and oxygen atoms in total. The number of hydrogen-bond donors (Lipinski definition) is 2. The van der Waals surface area contributed by atoms with Crippen LogP contribution in [-0.4, -0.2) is 38.5 Å².